The molecule has 1 heterocycles. The monoisotopic (exact) mass is 274 g/mol. The molecule has 4 heteroatoms. The fourth-order valence-electron chi connectivity index (χ4n) is 2.23. The Hall–Kier alpha value is -1.81. The van der Waals surface area contributed by atoms with Crippen molar-refractivity contribution in [3.8, 4) is 5.75 Å². The lowest BCUT2D eigenvalue weighted by molar-refractivity contribution is -0.135. The maximum Gasteiger partial charge on any atom is 0.260 e. The number of carbonyl (C=O) groups is 1. The first kappa shape index (κ1) is 14.6. The summed E-state index contributed by atoms with van der Waals surface area (Å²) in [6.45, 7) is 10.1. The largest absolute Gasteiger partial charge is 0.484 e. The second-order valence-corrected chi connectivity index (χ2v) is 5.07. The highest BCUT2D eigenvalue weighted by Gasteiger charge is 2.20. The minimum Gasteiger partial charge on any atom is -0.484 e. The van der Waals surface area contributed by atoms with Gasteiger partial charge >= 0.3 is 0 Å². The number of rotatable bonds is 5. The fourth-order valence-corrected chi connectivity index (χ4v) is 2.23. The van der Waals surface area contributed by atoms with Crippen molar-refractivity contribution < 1.29 is 9.53 Å². The maximum absolute atomic E-state index is 12.1. The van der Waals surface area contributed by atoms with E-state index in [1.807, 2.05) is 42.2 Å². The van der Waals surface area contributed by atoms with Crippen LogP contribution in [0.1, 0.15) is 5.56 Å². The Labute approximate surface area is 120 Å². The van der Waals surface area contributed by atoms with Crippen molar-refractivity contribution in [1.29, 1.82) is 0 Å². The van der Waals surface area contributed by atoms with E-state index >= 15 is 0 Å². The molecule has 1 amide bonds. The molecule has 1 fully saturated rings. The zero-order valence-electron chi connectivity index (χ0n) is 12.0. The van der Waals surface area contributed by atoms with Gasteiger partial charge in [0.2, 0.25) is 0 Å². The molecule has 0 N–H and O–H groups in total. The summed E-state index contributed by atoms with van der Waals surface area (Å²) in [7, 11) is 0. The number of piperazine rings is 1. The number of nitrogens with zero attached hydrogens (tertiary/aromatic N) is 2. The summed E-state index contributed by atoms with van der Waals surface area (Å²) in [5, 5.41) is 0. The predicted octanol–water partition coefficient (Wildman–Crippen LogP) is 1.70. The highest BCUT2D eigenvalue weighted by molar-refractivity contribution is 5.77. The van der Waals surface area contributed by atoms with Gasteiger partial charge in [0.25, 0.3) is 5.91 Å². The van der Waals surface area contributed by atoms with Gasteiger partial charge in [-0.15, -0.1) is 6.58 Å². The SMILES string of the molecule is C=CCN1CCN(C(=O)COc2ccc(C)cc2)CC1. The minimum absolute atomic E-state index is 0.0591. The van der Waals surface area contributed by atoms with Crippen molar-refractivity contribution in [2.24, 2.45) is 0 Å². The van der Waals surface area contributed by atoms with Gasteiger partial charge < -0.3 is 9.64 Å². The molecule has 108 valence electrons. The zero-order valence-corrected chi connectivity index (χ0v) is 12.0. The minimum atomic E-state index is 0.0591. The van der Waals surface area contributed by atoms with Gasteiger partial charge in [-0.2, -0.15) is 0 Å². The number of ether oxygens (including phenoxy) is 1. The highest BCUT2D eigenvalue weighted by atomic mass is 16.5. The van der Waals surface area contributed by atoms with Crippen molar-refractivity contribution in [3.05, 3.63) is 42.5 Å². The van der Waals surface area contributed by atoms with Crippen LogP contribution in [0.5, 0.6) is 5.75 Å². The molecule has 0 aliphatic carbocycles. The summed E-state index contributed by atoms with van der Waals surface area (Å²) >= 11 is 0. The molecule has 1 saturated heterocycles. The van der Waals surface area contributed by atoms with E-state index in [2.05, 4.69) is 11.5 Å². The van der Waals surface area contributed by atoms with E-state index in [0.29, 0.717) is 0 Å². The van der Waals surface area contributed by atoms with Crippen LogP contribution in [0.25, 0.3) is 0 Å². The van der Waals surface area contributed by atoms with E-state index in [1.54, 1.807) is 0 Å². The normalized spacial score (nSPS) is 15.9. The molecule has 0 radical (unpaired) electrons. The van der Waals surface area contributed by atoms with Gasteiger partial charge in [0, 0.05) is 32.7 Å². The van der Waals surface area contributed by atoms with Crippen molar-refractivity contribution in [1.82, 2.24) is 9.80 Å². The second kappa shape index (κ2) is 7.10. The Kier molecular flexibility index (Phi) is 5.18. The smallest absolute Gasteiger partial charge is 0.260 e. The topological polar surface area (TPSA) is 32.8 Å². The molecule has 4 nitrogen and oxygen atoms in total. The van der Waals surface area contributed by atoms with Crippen LogP contribution >= 0.6 is 0 Å². The molecule has 20 heavy (non-hydrogen) atoms. The average molecular weight is 274 g/mol. The van der Waals surface area contributed by atoms with Gasteiger partial charge in [-0.3, -0.25) is 9.69 Å². The fraction of sp³-hybridized carbons (Fsp3) is 0.438. The number of carbonyl (C=O) groups excluding carboxylic acids is 1. The summed E-state index contributed by atoms with van der Waals surface area (Å²) in [6.07, 6.45) is 1.90. The molecule has 1 aromatic carbocycles. The second-order valence-electron chi connectivity index (χ2n) is 5.07. The first-order valence-electron chi connectivity index (χ1n) is 6.99. The molecule has 0 aromatic heterocycles. The summed E-state index contributed by atoms with van der Waals surface area (Å²) in [4.78, 5) is 16.2. The van der Waals surface area contributed by atoms with E-state index in [0.717, 1.165) is 38.5 Å². The van der Waals surface area contributed by atoms with Gasteiger partial charge in [-0.25, -0.2) is 0 Å². The molecule has 0 bridgehead atoms. The Morgan fingerprint density at radius 2 is 1.90 bits per heavy atom. The van der Waals surface area contributed by atoms with Crippen LogP contribution in [-0.4, -0.2) is 55.0 Å². The predicted molar refractivity (Wildman–Crippen MR) is 79.9 cm³/mol. The van der Waals surface area contributed by atoms with Crippen molar-refractivity contribution in [2.45, 2.75) is 6.92 Å². The van der Waals surface area contributed by atoms with E-state index in [1.165, 1.54) is 5.56 Å². The molecule has 1 aliphatic rings. The maximum atomic E-state index is 12.1. The lowest BCUT2D eigenvalue weighted by Gasteiger charge is -2.34. The lowest BCUT2D eigenvalue weighted by Crippen LogP contribution is -2.49. The van der Waals surface area contributed by atoms with E-state index < -0.39 is 0 Å². The third-order valence-electron chi connectivity index (χ3n) is 3.50. The van der Waals surface area contributed by atoms with Crippen LogP contribution in [0.3, 0.4) is 0 Å². The van der Waals surface area contributed by atoms with E-state index in [-0.39, 0.29) is 12.5 Å². The first-order valence-corrected chi connectivity index (χ1v) is 6.99. The molecule has 1 aromatic rings. The summed E-state index contributed by atoms with van der Waals surface area (Å²) in [6, 6.07) is 7.75. The third kappa shape index (κ3) is 4.10. The summed E-state index contributed by atoms with van der Waals surface area (Å²) < 4.78 is 5.53. The number of benzene rings is 1. The summed E-state index contributed by atoms with van der Waals surface area (Å²) in [5.41, 5.74) is 1.18. The quantitative estimate of drug-likeness (QED) is 0.766. The number of hydrogen-bond donors (Lipinski definition) is 0. The van der Waals surface area contributed by atoms with Crippen LogP contribution in [0, 0.1) is 6.92 Å². The molecule has 0 spiro atoms. The van der Waals surface area contributed by atoms with Crippen molar-refractivity contribution in [2.75, 3.05) is 39.3 Å². The Bertz CT molecular complexity index is 448. The van der Waals surface area contributed by atoms with Gasteiger partial charge in [0.1, 0.15) is 5.75 Å². The number of amides is 1. The summed E-state index contributed by atoms with van der Waals surface area (Å²) in [5.74, 6) is 0.804. The highest BCUT2D eigenvalue weighted by Crippen LogP contribution is 2.11. The molecule has 0 unspecified atom stereocenters. The lowest BCUT2D eigenvalue weighted by atomic mass is 10.2. The number of aryl methyl sites for hydroxylation is 1. The average Bonchev–Trinajstić information content (AvgIpc) is 2.47. The number of hydrogen-bond acceptors (Lipinski definition) is 3. The van der Waals surface area contributed by atoms with E-state index in [9.17, 15) is 4.79 Å². The molecule has 1 aliphatic heterocycles. The van der Waals surface area contributed by atoms with Gasteiger partial charge in [-0.1, -0.05) is 23.8 Å². The Morgan fingerprint density at radius 3 is 2.50 bits per heavy atom. The van der Waals surface area contributed by atoms with Gasteiger partial charge in [0.05, 0.1) is 0 Å². The van der Waals surface area contributed by atoms with Crippen LogP contribution in [0.2, 0.25) is 0 Å². The standard InChI is InChI=1S/C16H22N2O2/c1-3-8-17-9-11-18(12-10-17)16(19)13-20-15-6-4-14(2)5-7-15/h3-7H,1,8-13H2,2H3. The van der Waals surface area contributed by atoms with Crippen LogP contribution in [-0.2, 0) is 4.79 Å². The van der Waals surface area contributed by atoms with Crippen molar-refractivity contribution >= 4 is 5.91 Å². The molecule has 0 atom stereocenters. The van der Waals surface area contributed by atoms with Gasteiger partial charge in [0.15, 0.2) is 6.61 Å². The van der Waals surface area contributed by atoms with Crippen molar-refractivity contribution in [3.63, 3.8) is 0 Å². The zero-order chi connectivity index (χ0) is 14.4. The van der Waals surface area contributed by atoms with Crippen LogP contribution < -0.4 is 4.74 Å². The van der Waals surface area contributed by atoms with Gasteiger partial charge in [-0.05, 0) is 19.1 Å². The molecular formula is C16H22N2O2. The molecule has 2 rings (SSSR count). The van der Waals surface area contributed by atoms with E-state index in [4.69, 9.17) is 4.74 Å². The molecule has 0 saturated carbocycles. The van der Waals surface area contributed by atoms with Crippen LogP contribution in [0.4, 0.5) is 0 Å². The third-order valence-corrected chi connectivity index (χ3v) is 3.50. The first-order chi connectivity index (χ1) is 9.69. The Balaban J connectivity index is 1.75. The van der Waals surface area contributed by atoms with Crippen LogP contribution in [0.15, 0.2) is 36.9 Å². The molecular weight excluding hydrogens is 252 g/mol. The Morgan fingerprint density at radius 1 is 1.25 bits per heavy atom.